The van der Waals surface area contributed by atoms with Gasteiger partial charge in [0, 0.05) is 11.6 Å². The van der Waals surface area contributed by atoms with Gasteiger partial charge in [0.05, 0.1) is 0 Å². The minimum Gasteiger partial charge on any atom is -0.349 e. The number of amides is 1. The zero-order valence-electron chi connectivity index (χ0n) is 11.8. The molecule has 1 amide bonds. The fraction of sp³-hybridized carbons (Fsp3) is 0.500. The van der Waals surface area contributed by atoms with Crippen LogP contribution in [0.3, 0.4) is 0 Å². The standard InChI is InChI=1S/C14H19FN2O3S/c1-9(10-4-2-3-5-10)17-14(18)11-6-7-12(15)13(8-11)21(16,19)20/h6-10H,2-5H2,1H3,(H,17,18)(H2,16,19,20). The third-order valence-corrected chi connectivity index (χ3v) is 4.89. The van der Waals surface area contributed by atoms with Gasteiger partial charge in [-0.05, 0) is 43.9 Å². The van der Waals surface area contributed by atoms with E-state index in [4.69, 9.17) is 5.14 Å². The zero-order chi connectivity index (χ0) is 15.6. The molecule has 5 nitrogen and oxygen atoms in total. The number of nitrogens with one attached hydrogen (secondary N) is 1. The fourth-order valence-electron chi connectivity index (χ4n) is 2.73. The van der Waals surface area contributed by atoms with Crippen molar-refractivity contribution in [1.82, 2.24) is 5.32 Å². The van der Waals surface area contributed by atoms with Crippen LogP contribution in [0.1, 0.15) is 43.0 Å². The first-order valence-corrected chi connectivity index (χ1v) is 8.47. The molecule has 21 heavy (non-hydrogen) atoms. The molecule has 0 aromatic heterocycles. The molecule has 0 spiro atoms. The average molecular weight is 314 g/mol. The van der Waals surface area contributed by atoms with Crippen LogP contribution in [0.25, 0.3) is 0 Å². The lowest BCUT2D eigenvalue weighted by atomic mass is 9.99. The summed E-state index contributed by atoms with van der Waals surface area (Å²) in [5.41, 5.74) is 0.0882. The third kappa shape index (κ3) is 3.79. The molecule has 2 rings (SSSR count). The van der Waals surface area contributed by atoms with Gasteiger partial charge < -0.3 is 5.32 Å². The highest BCUT2D eigenvalue weighted by Crippen LogP contribution is 2.27. The van der Waals surface area contributed by atoms with Gasteiger partial charge in [-0.3, -0.25) is 4.79 Å². The summed E-state index contributed by atoms with van der Waals surface area (Å²) in [6, 6.07) is 3.17. The number of carbonyl (C=O) groups excluding carboxylic acids is 1. The van der Waals surface area contributed by atoms with E-state index in [2.05, 4.69) is 5.32 Å². The Morgan fingerprint density at radius 3 is 2.57 bits per heavy atom. The highest BCUT2D eigenvalue weighted by molar-refractivity contribution is 7.89. The van der Waals surface area contributed by atoms with Gasteiger partial charge in [0.1, 0.15) is 10.7 Å². The van der Waals surface area contributed by atoms with Gasteiger partial charge in [0.2, 0.25) is 10.0 Å². The summed E-state index contributed by atoms with van der Waals surface area (Å²) in [6.07, 6.45) is 4.48. The Bertz CT molecular complexity index is 640. The predicted octanol–water partition coefficient (Wildman–Crippen LogP) is 1.78. The molecule has 0 bridgehead atoms. The molecule has 0 heterocycles. The van der Waals surface area contributed by atoms with E-state index in [0.29, 0.717) is 5.92 Å². The lowest BCUT2D eigenvalue weighted by Crippen LogP contribution is -2.37. The molecule has 0 aliphatic heterocycles. The lowest BCUT2D eigenvalue weighted by molar-refractivity contribution is 0.0927. The van der Waals surface area contributed by atoms with Crippen LogP contribution in [0.5, 0.6) is 0 Å². The Morgan fingerprint density at radius 2 is 2.00 bits per heavy atom. The molecule has 0 saturated heterocycles. The van der Waals surface area contributed by atoms with E-state index in [1.165, 1.54) is 6.07 Å². The van der Waals surface area contributed by atoms with E-state index < -0.39 is 26.6 Å². The van der Waals surface area contributed by atoms with Crippen LogP contribution in [0.4, 0.5) is 4.39 Å². The Labute approximate surface area is 123 Å². The number of benzene rings is 1. The Balaban J connectivity index is 2.16. The van der Waals surface area contributed by atoms with Crippen molar-refractivity contribution in [3.63, 3.8) is 0 Å². The van der Waals surface area contributed by atoms with Gasteiger partial charge in [0.15, 0.2) is 0 Å². The summed E-state index contributed by atoms with van der Waals surface area (Å²) in [6.45, 7) is 1.93. The molecule has 1 saturated carbocycles. The van der Waals surface area contributed by atoms with Crippen molar-refractivity contribution < 1.29 is 17.6 Å². The average Bonchev–Trinajstić information content (AvgIpc) is 2.91. The first-order chi connectivity index (χ1) is 9.79. The predicted molar refractivity (Wildman–Crippen MR) is 76.7 cm³/mol. The van der Waals surface area contributed by atoms with E-state index in [9.17, 15) is 17.6 Å². The monoisotopic (exact) mass is 314 g/mol. The van der Waals surface area contributed by atoms with Crippen molar-refractivity contribution >= 4 is 15.9 Å². The summed E-state index contributed by atoms with van der Waals surface area (Å²) < 4.78 is 36.0. The van der Waals surface area contributed by atoms with Gasteiger partial charge in [-0.1, -0.05) is 12.8 Å². The van der Waals surface area contributed by atoms with Gasteiger partial charge >= 0.3 is 0 Å². The molecule has 0 radical (unpaired) electrons. The van der Waals surface area contributed by atoms with Crippen LogP contribution < -0.4 is 10.5 Å². The number of carbonyl (C=O) groups is 1. The minimum absolute atomic E-state index is 0.00277. The molecule has 1 unspecified atom stereocenters. The van der Waals surface area contributed by atoms with E-state index in [0.717, 1.165) is 37.8 Å². The number of primary sulfonamides is 1. The van der Waals surface area contributed by atoms with Gasteiger partial charge in [-0.2, -0.15) is 0 Å². The van der Waals surface area contributed by atoms with Crippen LogP contribution in [-0.2, 0) is 10.0 Å². The highest BCUT2D eigenvalue weighted by Gasteiger charge is 2.24. The fourth-order valence-corrected chi connectivity index (χ4v) is 3.36. The summed E-state index contributed by atoms with van der Waals surface area (Å²) in [5.74, 6) is -0.940. The maximum absolute atomic E-state index is 13.4. The number of nitrogens with two attached hydrogens (primary N) is 1. The summed E-state index contributed by atoms with van der Waals surface area (Å²) >= 11 is 0. The number of rotatable bonds is 4. The molecule has 1 aromatic rings. The molecule has 3 N–H and O–H groups in total. The first kappa shape index (κ1) is 15.9. The largest absolute Gasteiger partial charge is 0.349 e. The maximum atomic E-state index is 13.4. The minimum atomic E-state index is -4.19. The molecule has 1 atom stereocenters. The molecule has 116 valence electrons. The SMILES string of the molecule is CC(NC(=O)c1ccc(F)c(S(N)(=O)=O)c1)C1CCCC1. The van der Waals surface area contributed by atoms with Crippen LogP contribution in [-0.4, -0.2) is 20.4 Å². The topological polar surface area (TPSA) is 89.3 Å². The molecule has 1 aliphatic carbocycles. The van der Waals surface area contributed by atoms with Crippen LogP contribution in [0, 0.1) is 11.7 Å². The normalized spacial score (nSPS) is 17.7. The van der Waals surface area contributed by atoms with Crippen LogP contribution in [0.15, 0.2) is 23.1 Å². The van der Waals surface area contributed by atoms with Gasteiger partial charge in [-0.25, -0.2) is 17.9 Å². The van der Waals surface area contributed by atoms with Crippen molar-refractivity contribution in [2.24, 2.45) is 11.1 Å². The van der Waals surface area contributed by atoms with Crippen molar-refractivity contribution in [2.45, 2.75) is 43.5 Å². The van der Waals surface area contributed by atoms with Crippen molar-refractivity contribution in [3.8, 4) is 0 Å². The quantitative estimate of drug-likeness (QED) is 0.887. The summed E-state index contributed by atoms with van der Waals surface area (Å²) in [7, 11) is -4.19. The zero-order valence-corrected chi connectivity index (χ0v) is 12.6. The van der Waals surface area contributed by atoms with Crippen LogP contribution >= 0.6 is 0 Å². The second-order valence-corrected chi connectivity index (χ2v) is 7.03. The van der Waals surface area contributed by atoms with E-state index in [1.807, 2.05) is 6.92 Å². The Morgan fingerprint density at radius 1 is 1.38 bits per heavy atom. The van der Waals surface area contributed by atoms with Crippen LogP contribution in [0.2, 0.25) is 0 Å². The maximum Gasteiger partial charge on any atom is 0.251 e. The highest BCUT2D eigenvalue weighted by atomic mass is 32.2. The van der Waals surface area contributed by atoms with Gasteiger partial charge in [-0.15, -0.1) is 0 Å². The lowest BCUT2D eigenvalue weighted by Gasteiger charge is -2.20. The summed E-state index contributed by atoms with van der Waals surface area (Å²) in [4.78, 5) is 11.5. The Kier molecular flexibility index (Phi) is 4.63. The van der Waals surface area contributed by atoms with E-state index >= 15 is 0 Å². The third-order valence-electron chi connectivity index (χ3n) is 3.97. The van der Waals surface area contributed by atoms with Crippen molar-refractivity contribution in [1.29, 1.82) is 0 Å². The Hall–Kier alpha value is -1.47. The molecule has 1 fully saturated rings. The smallest absolute Gasteiger partial charge is 0.251 e. The number of hydrogen-bond acceptors (Lipinski definition) is 3. The second kappa shape index (κ2) is 6.11. The summed E-state index contributed by atoms with van der Waals surface area (Å²) in [5, 5.41) is 7.77. The molecule has 1 aliphatic rings. The van der Waals surface area contributed by atoms with Gasteiger partial charge in [0.25, 0.3) is 5.91 Å². The molecular weight excluding hydrogens is 295 g/mol. The van der Waals surface area contributed by atoms with Crippen molar-refractivity contribution in [2.75, 3.05) is 0 Å². The van der Waals surface area contributed by atoms with E-state index in [-0.39, 0.29) is 11.6 Å². The first-order valence-electron chi connectivity index (χ1n) is 6.92. The van der Waals surface area contributed by atoms with E-state index in [1.54, 1.807) is 0 Å². The number of sulfonamides is 1. The molecular formula is C14H19FN2O3S. The van der Waals surface area contributed by atoms with Crippen molar-refractivity contribution in [3.05, 3.63) is 29.6 Å². The number of hydrogen-bond donors (Lipinski definition) is 2. The molecule has 7 heteroatoms. The molecule has 1 aromatic carbocycles. The second-order valence-electron chi connectivity index (χ2n) is 5.50. The number of halogens is 1.